The molecule has 0 spiro atoms. The van der Waals surface area contributed by atoms with Crippen LogP contribution in [0.2, 0.25) is 10.0 Å². The lowest BCUT2D eigenvalue weighted by molar-refractivity contribution is -0.137. The number of alkyl halides is 3. The van der Waals surface area contributed by atoms with Crippen molar-refractivity contribution in [1.82, 2.24) is 0 Å². The van der Waals surface area contributed by atoms with E-state index in [0.717, 1.165) is 6.07 Å². The Kier molecular flexibility index (Phi) is 5.46. The molecule has 0 radical (unpaired) electrons. The van der Waals surface area contributed by atoms with Crippen LogP contribution in [0.4, 0.5) is 23.7 Å². The first-order valence-electron chi connectivity index (χ1n) is 8.85. The minimum absolute atomic E-state index is 0.0220. The van der Waals surface area contributed by atoms with Gasteiger partial charge in [-0.05, 0) is 29.8 Å². The van der Waals surface area contributed by atoms with Crippen molar-refractivity contribution in [2.45, 2.75) is 18.9 Å². The summed E-state index contributed by atoms with van der Waals surface area (Å²) in [7, 11) is 0. The van der Waals surface area contributed by atoms with E-state index >= 15 is 0 Å². The van der Waals surface area contributed by atoms with Crippen LogP contribution in [0, 0.1) is 0 Å². The van der Waals surface area contributed by atoms with Crippen molar-refractivity contribution >= 4 is 40.7 Å². The lowest BCUT2D eigenvalue weighted by atomic mass is 10.1. The number of hydrogen-bond donors (Lipinski definition) is 0. The third-order valence-corrected chi connectivity index (χ3v) is 5.39. The Bertz CT molecular complexity index is 1030. The van der Waals surface area contributed by atoms with Gasteiger partial charge >= 0.3 is 12.3 Å². The summed E-state index contributed by atoms with van der Waals surface area (Å²) in [4.78, 5) is 13.1. The highest BCUT2D eigenvalue weighted by atomic mass is 35.5. The number of benzene rings is 2. The molecule has 0 saturated carbocycles. The van der Waals surface area contributed by atoms with E-state index in [9.17, 15) is 18.0 Å². The second-order valence-electron chi connectivity index (χ2n) is 6.58. The zero-order valence-corrected chi connectivity index (χ0v) is 16.7. The van der Waals surface area contributed by atoms with Crippen molar-refractivity contribution in [1.29, 1.82) is 0 Å². The molecule has 158 valence electrons. The van der Waals surface area contributed by atoms with Crippen LogP contribution in [0.15, 0.2) is 42.7 Å². The monoisotopic (exact) mass is 459 g/mol. The number of ether oxygens (including phenoxy) is 3. The lowest BCUT2D eigenvalue weighted by Gasteiger charge is -2.17. The van der Waals surface area contributed by atoms with Crippen LogP contribution in [0.5, 0.6) is 0 Å². The average molecular weight is 460 g/mol. The van der Waals surface area contributed by atoms with Crippen molar-refractivity contribution < 1.29 is 32.2 Å². The van der Waals surface area contributed by atoms with Gasteiger partial charge in [-0.2, -0.15) is 13.2 Å². The molecule has 1 atom stereocenters. The van der Waals surface area contributed by atoms with Crippen LogP contribution in [0.25, 0.3) is 5.76 Å². The van der Waals surface area contributed by atoms with E-state index in [1.807, 2.05) is 0 Å². The molecule has 1 saturated heterocycles. The number of halogens is 5. The summed E-state index contributed by atoms with van der Waals surface area (Å²) < 4.78 is 55.1. The minimum Gasteiger partial charge on any atom is -0.458 e. The minimum atomic E-state index is -4.55. The molecule has 0 aromatic heterocycles. The summed E-state index contributed by atoms with van der Waals surface area (Å²) >= 11 is 12.2. The van der Waals surface area contributed by atoms with Crippen molar-refractivity contribution in [2.24, 2.45) is 0 Å². The highest BCUT2D eigenvalue weighted by molar-refractivity contribution is 6.34. The molecule has 1 fully saturated rings. The Labute approximate surface area is 179 Å². The first-order valence-corrected chi connectivity index (χ1v) is 9.60. The van der Waals surface area contributed by atoms with Gasteiger partial charge in [0, 0.05) is 12.0 Å². The Morgan fingerprint density at radius 1 is 1.17 bits per heavy atom. The largest absolute Gasteiger partial charge is 0.458 e. The quantitative estimate of drug-likeness (QED) is 0.572. The van der Waals surface area contributed by atoms with Gasteiger partial charge in [0.1, 0.15) is 12.9 Å². The van der Waals surface area contributed by atoms with E-state index < -0.39 is 24.1 Å². The predicted molar refractivity (Wildman–Crippen MR) is 104 cm³/mol. The molecule has 2 aliphatic heterocycles. The van der Waals surface area contributed by atoms with Gasteiger partial charge in [0.05, 0.1) is 27.8 Å². The normalized spacial score (nSPS) is 18.7. The van der Waals surface area contributed by atoms with Gasteiger partial charge < -0.3 is 14.2 Å². The average Bonchev–Trinajstić information content (AvgIpc) is 3.31. The molecule has 0 bridgehead atoms. The van der Waals surface area contributed by atoms with E-state index in [1.165, 1.54) is 23.3 Å². The van der Waals surface area contributed by atoms with Gasteiger partial charge in [0.2, 0.25) is 6.29 Å². The van der Waals surface area contributed by atoms with Crippen molar-refractivity contribution in [3.05, 3.63) is 69.4 Å². The second kappa shape index (κ2) is 7.92. The molecule has 2 heterocycles. The molecular weight excluding hydrogens is 446 g/mol. The molecule has 10 heteroatoms. The number of hydrogen-bond acceptors (Lipinski definition) is 4. The number of amides is 1. The number of anilines is 1. The fourth-order valence-corrected chi connectivity index (χ4v) is 3.78. The standard InChI is InChI=1S/C20H14Cl2F3NO4/c21-14-8-11(4-5-15(14)26-6-7-28-19(26)27)16-10-29-17(30-16)9-12-2-1-3-13(18(12)22)20(23,24)25/h1-5,8,10,17H,6-7,9H2. The Hall–Kier alpha value is -2.58. The van der Waals surface area contributed by atoms with E-state index in [1.54, 1.807) is 18.2 Å². The Morgan fingerprint density at radius 2 is 1.97 bits per heavy atom. The summed E-state index contributed by atoms with van der Waals surface area (Å²) in [6, 6.07) is 8.66. The molecule has 2 aromatic carbocycles. The van der Waals surface area contributed by atoms with Crippen molar-refractivity contribution in [3.63, 3.8) is 0 Å². The maximum Gasteiger partial charge on any atom is 0.417 e. The fraction of sp³-hybridized carbons (Fsp3) is 0.250. The molecule has 5 nitrogen and oxygen atoms in total. The molecule has 1 amide bonds. The van der Waals surface area contributed by atoms with Gasteiger partial charge in [-0.15, -0.1) is 0 Å². The van der Waals surface area contributed by atoms with Crippen LogP contribution >= 0.6 is 23.2 Å². The van der Waals surface area contributed by atoms with E-state index in [2.05, 4.69) is 0 Å². The van der Waals surface area contributed by atoms with Crippen molar-refractivity contribution in [3.8, 4) is 0 Å². The van der Waals surface area contributed by atoms with Crippen LogP contribution < -0.4 is 4.90 Å². The molecule has 2 aliphatic rings. The summed E-state index contributed by atoms with van der Waals surface area (Å²) in [5.74, 6) is 0.362. The zero-order chi connectivity index (χ0) is 21.5. The molecule has 4 rings (SSSR count). The van der Waals surface area contributed by atoms with Crippen LogP contribution in [-0.4, -0.2) is 25.5 Å². The Morgan fingerprint density at radius 3 is 2.63 bits per heavy atom. The smallest absolute Gasteiger partial charge is 0.417 e. The van der Waals surface area contributed by atoms with Crippen molar-refractivity contribution in [2.75, 3.05) is 18.1 Å². The Balaban J connectivity index is 1.46. The second-order valence-corrected chi connectivity index (χ2v) is 7.36. The first kappa shape index (κ1) is 20.7. The first-order chi connectivity index (χ1) is 14.2. The third kappa shape index (κ3) is 4.02. The number of carbonyl (C=O) groups is 1. The predicted octanol–water partition coefficient (Wildman–Crippen LogP) is 5.88. The number of rotatable bonds is 4. The summed E-state index contributed by atoms with van der Waals surface area (Å²) in [6.07, 6.45) is -4.47. The number of carbonyl (C=O) groups excluding carboxylic acids is 1. The summed E-state index contributed by atoms with van der Waals surface area (Å²) in [5, 5.41) is -0.0595. The molecule has 30 heavy (non-hydrogen) atoms. The molecule has 1 unspecified atom stereocenters. The third-order valence-electron chi connectivity index (χ3n) is 4.64. The van der Waals surface area contributed by atoms with E-state index in [4.69, 9.17) is 37.4 Å². The lowest BCUT2D eigenvalue weighted by Crippen LogP contribution is -2.23. The topological polar surface area (TPSA) is 48.0 Å². The molecule has 0 N–H and O–H groups in total. The van der Waals surface area contributed by atoms with Gasteiger partial charge in [-0.25, -0.2) is 4.79 Å². The number of nitrogens with zero attached hydrogens (tertiary/aromatic N) is 1. The van der Waals surface area contributed by atoms with Gasteiger partial charge in [-0.3, -0.25) is 4.90 Å². The zero-order valence-electron chi connectivity index (χ0n) is 15.2. The van der Waals surface area contributed by atoms with Crippen LogP contribution in [-0.2, 0) is 26.8 Å². The van der Waals surface area contributed by atoms with Gasteiger partial charge in [0.15, 0.2) is 5.76 Å². The van der Waals surface area contributed by atoms with E-state index in [-0.39, 0.29) is 17.0 Å². The maximum absolute atomic E-state index is 13.0. The van der Waals surface area contributed by atoms with Gasteiger partial charge in [0.25, 0.3) is 0 Å². The highest BCUT2D eigenvalue weighted by Gasteiger charge is 2.34. The molecule has 0 aliphatic carbocycles. The van der Waals surface area contributed by atoms with Gasteiger partial charge in [-0.1, -0.05) is 35.3 Å². The van der Waals surface area contributed by atoms with Crippen LogP contribution in [0.1, 0.15) is 16.7 Å². The maximum atomic E-state index is 13.0. The van der Waals surface area contributed by atoms with Crippen LogP contribution in [0.3, 0.4) is 0 Å². The number of cyclic esters (lactones) is 1. The molecule has 2 aromatic rings. The highest BCUT2D eigenvalue weighted by Crippen LogP contribution is 2.38. The van der Waals surface area contributed by atoms with E-state index in [0.29, 0.717) is 35.2 Å². The summed E-state index contributed by atoms with van der Waals surface area (Å²) in [6.45, 7) is 0.693. The SMILES string of the molecule is O=C1OCCN1c1ccc(C2=COC(Cc3cccc(C(F)(F)F)c3Cl)O2)cc1Cl. The summed E-state index contributed by atoms with van der Waals surface area (Å²) in [5.41, 5.74) is 0.450. The fourth-order valence-electron chi connectivity index (χ4n) is 3.19. The molecular formula is C20H14Cl2F3NO4.